The van der Waals surface area contributed by atoms with Gasteiger partial charge in [0.15, 0.2) is 5.78 Å². The van der Waals surface area contributed by atoms with Crippen LogP contribution >= 0.6 is 0 Å². The Kier molecular flexibility index (Phi) is 4.14. The molecule has 6 heteroatoms. The summed E-state index contributed by atoms with van der Waals surface area (Å²) in [5.74, 6) is -1.90. The summed E-state index contributed by atoms with van der Waals surface area (Å²) in [6.07, 6.45) is -2.30. The maximum atomic E-state index is 13.8. The molecule has 1 atom stereocenters. The molecule has 0 aliphatic carbocycles. The summed E-state index contributed by atoms with van der Waals surface area (Å²) < 4.78 is 13.8. The fraction of sp³-hybridized carbons (Fsp3) is 0.385. The van der Waals surface area contributed by atoms with E-state index >= 15 is 0 Å². The minimum atomic E-state index is -2.30. The van der Waals surface area contributed by atoms with Crippen molar-refractivity contribution >= 4 is 17.3 Å². The van der Waals surface area contributed by atoms with Crippen LogP contribution in [0.4, 0.5) is 10.1 Å². The molecule has 0 heterocycles. The zero-order valence-corrected chi connectivity index (χ0v) is 10.8. The predicted octanol–water partition coefficient (Wildman–Crippen LogP) is 2.73. The Morgan fingerprint density at radius 3 is 2.37 bits per heavy atom. The van der Waals surface area contributed by atoms with Crippen LogP contribution in [0.5, 0.6) is 0 Å². The standard InChI is InChI=1S/C13H14FNO4/c1-13(2,3)12(17)10(14)11(16)8-5-4-6-9(7-8)15(18)19/h4-7,10H,1-3H3. The fourth-order valence-electron chi connectivity index (χ4n) is 1.42. The van der Waals surface area contributed by atoms with Gasteiger partial charge in [-0.3, -0.25) is 19.7 Å². The van der Waals surface area contributed by atoms with E-state index in [0.717, 1.165) is 6.07 Å². The highest BCUT2D eigenvalue weighted by Gasteiger charge is 2.35. The Hall–Kier alpha value is -2.11. The van der Waals surface area contributed by atoms with E-state index in [4.69, 9.17) is 0 Å². The van der Waals surface area contributed by atoms with Crippen LogP contribution in [0.25, 0.3) is 0 Å². The molecule has 0 aliphatic heterocycles. The third kappa shape index (κ3) is 3.43. The smallest absolute Gasteiger partial charge is 0.270 e. The van der Waals surface area contributed by atoms with Crippen molar-refractivity contribution < 1.29 is 18.9 Å². The van der Waals surface area contributed by atoms with Gasteiger partial charge in [-0.05, 0) is 0 Å². The maximum Gasteiger partial charge on any atom is 0.270 e. The average Bonchev–Trinajstić information content (AvgIpc) is 2.35. The number of rotatable bonds is 4. The van der Waals surface area contributed by atoms with Crippen molar-refractivity contribution in [2.75, 3.05) is 0 Å². The molecule has 0 saturated carbocycles. The number of alkyl halides is 1. The van der Waals surface area contributed by atoms with E-state index in [2.05, 4.69) is 0 Å². The van der Waals surface area contributed by atoms with E-state index in [1.54, 1.807) is 0 Å². The maximum absolute atomic E-state index is 13.8. The molecule has 0 saturated heterocycles. The van der Waals surface area contributed by atoms with Crippen molar-refractivity contribution in [2.24, 2.45) is 5.41 Å². The van der Waals surface area contributed by atoms with Crippen molar-refractivity contribution in [3.63, 3.8) is 0 Å². The summed E-state index contributed by atoms with van der Waals surface area (Å²) in [6, 6.07) is 4.68. The Labute approximate surface area is 109 Å². The lowest BCUT2D eigenvalue weighted by molar-refractivity contribution is -0.384. The lowest BCUT2D eigenvalue weighted by Gasteiger charge is -2.18. The highest BCUT2D eigenvalue weighted by atomic mass is 19.1. The number of non-ortho nitro benzene ring substituents is 1. The van der Waals surface area contributed by atoms with Gasteiger partial charge in [-0.25, -0.2) is 4.39 Å². The molecule has 1 aromatic carbocycles. The van der Waals surface area contributed by atoms with E-state index in [1.807, 2.05) is 0 Å². The first-order valence-electron chi connectivity index (χ1n) is 5.61. The first-order valence-corrected chi connectivity index (χ1v) is 5.61. The number of Topliss-reactive ketones (excluding diaryl/α,β-unsaturated/α-hetero) is 2. The second-order valence-corrected chi connectivity index (χ2v) is 5.15. The zero-order valence-electron chi connectivity index (χ0n) is 10.8. The molecule has 0 bridgehead atoms. The number of nitro benzene ring substituents is 1. The summed E-state index contributed by atoms with van der Waals surface area (Å²) in [5.41, 5.74) is -1.49. The molecule has 0 spiro atoms. The van der Waals surface area contributed by atoms with Gasteiger partial charge in [-0.15, -0.1) is 0 Å². The predicted molar refractivity (Wildman–Crippen MR) is 66.8 cm³/mol. The van der Waals surface area contributed by atoms with Crippen molar-refractivity contribution in [2.45, 2.75) is 26.9 Å². The molecule has 0 amide bonds. The van der Waals surface area contributed by atoms with Crippen LogP contribution in [-0.4, -0.2) is 22.7 Å². The number of hydrogen-bond donors (Lipinski definition) is 0. The van der Waals surface area contributed by atoms with Crippen LogP contribution in [0.3, 0.4) is 0 Å². The lowest BCUT2D eigenvalue weighted by atomic mass is 9.86. The Morgan fingerprint density at radius 2 is 1.89 bits per heavy atom. The minimum Gasteiger partial charge on any atom is -0.295 e. The van der Waals surface area contributed by atoms with Gasteiger partial charge in [0, 0.05) is 23.1 Å². The second kappa shape index (κ2) is 5.26. The summed E-state index contributed by atoms with van der Waals surface area (Å²) in [6.45, 7) is 4.51. The van der Waals surface area contributed by atoms with Crippen LogP contribution in [-0.2, 0) is 4.79 Å². The molecular formula is C13H14FNO4. The molecule has 19 heavy (non-hydrogen) atoms. The van der Waals surface area contributed by atoms with Crippen molar-refractivity contribution in [1.29, 1.82) is 0 Å². The molecule has 5 nitrogen and oxygen atoms in total. The van der Waals surface area contributed by atoms with Gasteiger partial charge in [0.05, 0.1) is 4.92 Å². The third-order valence-corrected chi connectivity index (χ3v) is 2.54. The van der Waals surface area contributed by atoms with Gasteiger partial charge in [0.2, 0.25) is 12.0 Å². The molecular weight excluding hydrogens is 253 g/mol. The SMILES string of the molecule is CC(C)(C)C(=O)C(F)C(=O)c1cccc([N+](=O)[O-])c1. The normalized spacial score (nSPS) is 12.8. The number of carbonyl (C=O) groups is 2. The van der Waals surface area contributed by atoms with Crippen LogP contribution in [0.2, 0.25) is 0 Å². The quantitative estimate of drug-likeness (QED) is 0.363. The molecule has 0 radical (unpaired) electrons. The first kappa shape index (κ1) is 14.9. The Balaban J connectivity index is 3.04. The van der Waals surface area contributed by atoms with E-state index < -0.39 is 28.1 Å². The molecule has 0 aliphatic rings. The third-order valence-electron chi connectivity index (χ3n) is 2.54. The van der Waals surface area contributed by atoms with Gasteiger partial charge in [-0.1, -0.05) is 32.9 Å². The number of nitro groups is 1. The van der Waals surface area contributed by atoms with Gasteiger partial charge in [0.25, 0.3) is 5.69 Å². The number of halogens is 1. The summed E-state index contributed by atoms with van der Waals surface area (Å²) in [5, 5.41) is 10.6. The highest BCUT2D eigenvalue weighted by molar-refractivity contribution is 6.14. The molecule has 0 fully saturated rings. The summed E-state index contributed by atoms with van der Waals surface area (Å²) >= 11 is 0. The van der Waals surface area contributed by atoms with E-state index in [1.165, 1.54) is 39.0 Å². The Bertz CT molecular complexity index is 534. The minimum absolute atomic E-state index is 0.181. The number of ketones is 2. The van der Waals surface area contributed by atoms with Crippen LogP contribution in [0.1, 0.15) is 31.1 Å². The molecule has 1 unspecified atom stereocenters. The molecule has 1 rings (SSSR count). The van der Waals surface area contributed by atoms with Crippen LogP contribution < -0.4 is 0 Å². The van der Waals surface area contributed by atoms with Gasteiger partial charge < -0.3 is 0 Å². The molecule has 0 aromatic heterocycles. The highest BCUT2D eigenvalue weighted by Crippen LogP contribution is 2.22. The van der Waals surface area contributed by atoms with Crippen molar-refractivity contribution in [1.82, 2.24) is 0 Å². The topological polar surface area (TPSA) is 77.3 Å². The van der Waals surface area contributed by atoms with Crippen LogP contribution in [0.15, 0.2) is 24.3 Å². The monoisotopic (exact) mass is 267 g/mol. The van der Waals surface area contributed by atoms with Crippen molar-refractivity contribution in [3.8, 4) is 0 Å². The zero-order chi connectivity index (χ0) is 14.8. The number of nitrogens with zero attached hydrogens (tertiary/aromatic N) is 1. The summed E-state index contributed by atoms with van der Waals surface area (Å²) in [7, 11) is 0. The number of carbonyl (C=O) groups excluding carboxylic acids is 2. The fourth-order valence-corrected chi connectivity index (χ4v) is 1.42. The van der Waals surface area contributed by atoms with Gasteiger partial charge in [0.1, 0.15) is 0 Å². The van der Waals surface area contributed by atoms with E-state index in [0.29, 0.717) is 0 Å². The van der Waals surface area contributed by atoms with Crippen molar-refractivity contribution in [3.05, 3.63) is 39.9 Å². The first-order chi connectivity index (χ1) is 8.64. The van der Waals surface area contributed by atoms with E-state index in [-0.39, 0.29) is 11.3 Å². The number of benzene rings is 1. The average molecular weight is 267 g/mol. The molecule has 1 aromatic rings. The summed E-state index contributed by atoms with van der Waals surface area (Å²) in [4.78, 5) is 33.3. The van der Waals surface area contributed by atoms with Gasteiger partial charge >= 0.3 is 0 Å². The second-order valence-electron chi connectivity index (χ2n) is 5.15. The van der Waals surface area contributed by atoms with E-state index in [9.17, 15) is 24.1 Å². The largest absolute Gasteiger partial charge is 0.295 e. The molecule has 0 N–H and O–H groups in total. The lowest BCUT2D eigenvalue weighted by Crippen LogP contribution is -2.35. The van der Waals surface area contributed by atoms with Gasteiger partial charge in [-0.2, -0.15) is 0 Å². The Morgan fingerprint density at radius 1 is 1.32 bits per heavy atom. The van der Waals surface area contributed by atoms with Crippen LogP contribution in [0, 0.1) is 15.5 Å². The number of hydrogen-bond acceptors (Lipinski definition) is 4. The molecule has 102 valence electrons.